The SMILES string of the molecule is CCOCCCNC.Cc1cc(-c2nc3ccc(C=O)cc3nc2-c2cc(C)c(C)o2)oc1C. The van der Waals surface area contributed by atoms with E-state index in [1.165, 1.54) is 0 Å². The number of aryl methyl sites for hydroxylation is 4. The number of hydrogen-bond donors (Lipinski definition) is 1. The van der Waals surface area contributed by atoms with Gasteiger partial charge in [-0.05, 0) is 96.1 Å². The van der Waals surface area contributed by atoms with Gasteiger partial charge in [-0.15, -0.1) is 0 Å². The van der Waals surface area contributed by atoms with Gasteiger partial charge < -0.3 is 18.9 Å². The number of furan rings is 2. The van der Waals surface area contributed by atoms with Gasteiger partial charge in [0.15, 0.2) is 11.5 Å². The Kier molecular flexibility index (Phi) is 8.73. The van der Waals surface area contributed by atoms with E-state index in [0.717, 1.165) is 55.1 Å². The fraction of sp³-hybridized carbons (Fsp3) is 0.370. The number of nitrogens with one attached hydrogen (secondary N) is 1. The van der Waals surface area contributed by atoms with Gasteiger partial charge in [0, 0.05) is 18.8 Å². The van der Waals surface area contributed by atoms with Gasteiger partial charge in [0.05, 0.1) is 11.0 Å². The quantitative estimate of drug-likeness (QED) is 0.260. The van der Waals surface area contributed by atoms with Crippen LogP contribution in [0.4, 0.5) is 0 Å². The number of carbonyl (C=O) groups excluding carboxylic acids is 1. The lowest BCUT2D eigenvalue weighted by atomic mass is 10.1. The average molecular weight is 464 g/mol. The lowest BCUT2D eigenvalue weighted by Crippen LogP contribution is -2.10. The summed E-state index contributed by atoms with van der Waals surface area (Å²) in [5.41, 5.74) is 5.21. The highest BCUT2D eigenvalue weighted by Crippen LogP contribution is 2.35. The van der Waals surface area contributed by atoms with Gasteiger partial charge in [-0.25, -0.2) is 9.97 Å². The largest absolute Gasteiger partial charge is 0.459 e. The fourth-order valence-corrected chi connectivity index (χ4v) is 3.36. The van der Waals surface area contributed by atoms with Gasteiger partial charge in [0.2, 0.25) is 0 Å². The number of rotatable bonds is 8. The summed E-state index contributed by atoms with van der Waals surface area (Å²) >= 11 is 0. The molecule has 1 aromatic carbocycles. The van der Waals surface area contributed by atoms with Crippen molar-refractivity contribution in [1.29, 1.82) is 0 Å². The molecule has 0 radical (unpaired) electrons. The Balaban J connectivity index is 0.000000350. The second kappa shape index (κ2) is 11.7. The van der Waals surface area contributed by atoms with Crippen LogP contribution in [0.2, 0.25) is 0 Å². The van der Waals surface area contributed by atoms with Crippen LogP contribution in [0.5, 0.6) is 0 Å². The predicted octanol–water partition coefficient (Wildman–Crippen LogP) is 5.83. The first kappa shape index (κ1) is 25.3. The number of nitrogens with zero attached hydrogens (tertiary/aromatic N) is 2. The van der Waals surface area contributed by atoms with E-state index in [4.69, 9.17) is 23.5 Å². The zero-order valence-electron chi connectivity index (χ0n) is 20.8. The number of aldehydes is 1. The zero-order valence-corrected chi connectivity index (χ0v) is 20.8. The minimum atomic E-state index is 0.557. The molecule has 0 amide bonds. The predicted molar refractivity (Wildman–Crippen MR) is 134 cm³/mol. The van der Waals surface area contributed by atoms with Crippen molar-refractivity contribution in [2.24, 2.45) is 0 Å². The molecule has 0 saturated heterocycles. The van der Waals surface area contributed by atoms with Gasteiger partial charge >= 0.3 is 0 Å². The molecule has 0 bridgehead atoms. The van der Waals surface area contributed by atoms with Crippen molar-refractivity contribution in [3.63, 3.8) is 0 Å². The molecule has 0 aliphatic carbocycles. The lowest BCUT2D eigenvalue weighted by molar-refractivity contribution is 0.112. The maximum atomic E-state index is 11.1. The maximum absolute atomic E-state index is 11.1. The highest BCUT2D eigenvalue weighted by molar-refractivity contribution is 5.88. The number of ether oxygens (including phenoxy) is 1. The summed E-state index contributed by atoms with van der Waals surface area (Å²) < 4.78 is 16.9. The molecule has 0 saturated carbocycles. The Morgan fingerprint density at radius 3 is 1.97 bits per heavy atom. The molecule has 7 nitrogen and oxygen atoms in total. The Morgan fingerprint density at radius 2 is 1.50 bits per heavy atom. The van der Waals surface area contributed by atoms with Gasteiger partial charge in [0.25, 0.3) is 0 Å². The molecular weight excluding hydrogens is 430 g/mol. The van der Waals surface area contributed by atoms with Crippen molar-refractivity contribution in [2.75, 3.05) is 26.8 Å². The van der Waals surface area contributed by atoms with Crippen molar-refractivity contribution < 1.29 is 18.4 Å². The standard InChI is InChI=1S/C21H18N2O3.C6H15NO/c1-11-7-18(25-13(11)3)20-21(19-8-12(2)14(4)26-19)23-17-9-15(10-24)5-6-16(17)22-20;1-3-8-6-4-5-7-2/h5-10H,1-4H3;7H,3-6H2,1-2H3. The van der Waals surface area contributed by atoms with E-state index in [1.54, 1.807) is 18.2 Å². The third-order valence-electron chi connectivity index (χ3n) is 5.54. The molecule has 7 heteroatoms. The van der Waals surface area contributed by atoms with Crippen LogP contribution in [-0.2, 0) is 4.74 Å². The Morgan fingerprint density at radius 1 is 0.912 bits per heavy atom. The normalized spacial score (nSPS) is 10.9. The monoisotopic (exact) mass is 463 g/mol. The fourth-order valence-electron chi connectivity index (χ4n) is 3.36. The van der Waals surface area contributed by atoms with Crippen molar-refractivity contribution in [3.05, 3.63) is 58.5 Å². The first-order valence-corrected chi connectivity index (χ1v) is 11.5. The number of carbonyl (C=O) groups is 1. The van der Waals surface area contributed by atoms with Crippen LogP contribution in [0.25, 0.3) is 33.9 Å². The smallest absolute Gasteiger partial charge is 0.155 e. The molecule has 180 valence electrons. The summed E-state index contributed by atoms with van der Waals surface area (Å²) in [4.78, 5) is 20.6. The number of hydrogen-bond acceptors (Lipinski definition) is 7. The van der Waals surface area contributed by atoms with Crippen molar-refractivity contribution in [2.45, 2.75) is 41.0 Å². The second-order valence-electron chi connectivity index (χ2n) is 8.14. The van der Waals surface area contributed by atoms with Gasteiger partial charge in [-0.2, -0.15) is 0 Å². The maximum Gasteiger partial charge on any atom is 0.155 e. The van der Waals surface area contributed by atoms with Crippen LogP contribution >= 0.6 is 0 Å². The minimum absolute atomic E-state index is 0.557. The first-order valence-electron chi connectivity index (χ1n) is 11.5. The minimum Gasteiger partial charge on any atom is -0.459 e. The molecule has 3 heterocycles. The molecular formula is C27H33N3O4. The molecule has 0 aliphatic rings. The van der Waals surface area contributed by atoms with E-state index in [-0.39, 0.29) is 0 Å². The third-order valence-corrected chi connectivity index (χ3v) is 5.54. The van der Waals surface area contributed by atoms with Crippen LogP contribution in [0, 0.1) is 27.7 Å². The summed E-state index contributed by atoms with van der Waals surface area (Å²) in [5, 5.41) is 3.05. The highest BCUT2D eigenvalue weighted by Gasteiger charge is 2.20. The molecule has 0 atom stereocenters. The van der Waals surface area contributed by atoms with Crippen LogP contribution in [0.3, 0.4) is 0 Å². The molecule has 0 fully saturated rings. The van der Waals surface area contributed by atoms with E-state index in [2.05, 4.69) is 5.32 Å². The Bertz CT molecular complexity index is 1210. The summed E-state index contributed by atoms with van der Waals surface area (Å²) in [6.45, 7) is 12.6. The van der Waals surface area contributed by atoms with Crippen LogP contribution < -0.4 is 5.32 Å². The molecule has 4 rings (SSSR count). The van der Waals surface area contributed by atoms with E-state index in [9.17, 15) is 4.79 Å². The summed E-state index contributed by atoms with van der Waals surface area (Å²) in [7, 11) is 1.95. The van der Waals surface area contributed by atoms with E-state index < -0.39 is 0 Å². The lowest BCUT2D eigenvalue weighted by Gasteiger charge is -2.07. The summed E-state index contributed by atoms with van der Waals surface area (Å²) in [5.74, 6) is 2.96. The molecule has 0 aliphatic heterocycles. The third kappa shape index (κ3) is 5.98. The number of fused-ring (bicyclic) bond motifs is 1. The van der Waals surface area contributed by atoms with E-state index in [0.29, 0.717) is 39.5 Å². The van der Waals surface area contributed by atoms with Crippen molar-refractivity contribution >= 4 is 17.3 Å². The molecule has 34 heavy (non-hydrogen) atoms. The number of aromatic nitrogens is 2. The van der Waals surface area contributed by atoms with Crippen LogP contribution in [-0.4, -0.2) is 43.1 Å². The molecule has 0 unspecified atom stereocenters. The van der Waals surface area contributed by atoms with E-state index in [1.807, 2.05) is 53.8 Å². The van der Waals surface area contributed by atoms with Crippen LogP contribution in [0.15, 0.2) is 39.2 Å². The van der Waals surface area contributed by atoms with Crippen LogP contribution in [0.1, 0.15) is 46.3 Å². The summed E-state index contributed by atoms with van der Waals surface area (Å²) in [6.07, 6.45) is 1.92. The van der Waals surface area contributed by atoms with Crippen molar-refractivity contribution in [1.82, 2.24) is 15.3 Å². The Labute approximate surface area is 200 Å². The molecule has 1 N–H and O–H groups in total. The molecule has 0 spiro atoms. The first-order chi connectivity index (χ1) is 16.4. The Hall–Kier alpha value is -3.29. The number of benzene rings is 1. The van der Waals surface area contributed by atoms with Gasteiger partial charge in [0.1, 0.15) is 29.2 Å². The topological polar surface area (TPSA) is 90.4 Å². The van der Waals surface area contributed by atoms with Gasteiger partial charge in [-0.1, -0.05) is 0 Å². The van der Waals surface area contributed by atoms with Gasteiger partial charge in [-0.3, -0.25) is 4.79 Å². The summed E-state index contributed by atoms with van der Waals surface area (Å²) in [6, 6.07) is 9.15. The zero-order chi connectivity index (χ0) is 24.7. The second-order valence-corrected chi connectivity index (χ2v) is 8.14. The molecule has 3 aromatic heterocycles. The van der Waals surface area contributed by atoms with Crippen molar-refractivity contribution in [3.8, 4) is 22.9 Å². The molecule has 4 aromatic rings. The highest BCUT2D eigenvalue weighted by atomic mass is 16.5. The average Bonchev–Trinajstić information content (AvgIpc) is 3.36. The van der Waals surface area contributed by atoms with E-state index >= 15 is 0 Å².